The van der Waals surface area contributed by atoms with Crippen molar-refractivity contribution in [3.05, 3.63) is 127 Å². The van der Waals surface area contributed by atoms with E-state index in [-0.39, 0.29) is 28.0 Å². The van der Waals surface area contributed by atoms with E-state index < -0.39 is 33.1 Å². The first kappa shape index (κ1) is 26.3. The molecule has 4 aromatic carbocycles. The van der Waals surface area contributed by atoms with Crippen molar-refractivity contribution in [2.75, 3.05) is 0 Å². The van der Waals surface area contributed by atoms with Crippen molar-refractivity contribution in [3.63, 3.8) is 0 Å². The summed E-state index contributed by atoms with van der Waals surface area (Å²) in [6, 6.07) is 22.0. The maximum Gasteiger partial charge on any atom is 0.344 e. The number of carbonyl (C=O) groups is 3. The van der Waals surface area contributed by atoms with E-state index in [1.165, 1.54) is 17.0 Å². The van der Waals surface area contributed by atoms with Crippen molar-refractivity contribution in [2.24, 2.45) is 0 Å². The van der Waals surface area contributed by atoms with Crippen LogP contribution < -0.4 is 4.74 Å². The molecule has 2 amide bonds. The average molecular weight is 556 g/mol. The fourth-order valence-electron chi connectivity index (χ4n) is 4.03. The first-order chi connectivity index (χ1) is 19.2. The highest BCUT2D eigenvalue weighted by Gasteiger charge is 2.35. The molecule has 0 spiro atoms. The summed E-state index contributed by atoms with van der Waals surface area (Å²) in [4.78, 5) is 59.9. The third kappa shape index (κ3) is 5.56. The number of esters is 1. The lowest BCUT2D eigenvalue weighted by Crippen LogP contribution is -2.27. The van der Waals surface area contributed by atoms with Gasteiger partial charge in [0.25, 0.3) is 22.5 Å². The number of nitro groups is 2. The van der Waals surface area contributed by atoms with Crippen LogP contribution in [-0.2, 0) is 11.3 Å². The SMILES string of the molecule is O=C(Oc1ccc(/C=C2\SC(=O)N(Cc3ccc4ccccc4c3)C2=O)cc1)c1cc([N+](=O)[O-])cc([N+](=O)[O-])c1. The number of thioether (sulfide) groups is 1. The van der Waals surface area contributed by atoms with Crippen LogP contribution in [0.2, 0.25) is 0 Å². The molecular weight excluding hydrogens is 538 g/mol. The minimum Gasteiger partial charge on any atom is -0.423 e. The smallest absolute Gasteiger partial charge is 0.344 e. The Kier molecular flexibility index (Phi) is 7.08. The van der Waals surface area contributed by atoms with Crippen molar-refractivity contribution < 1.29 is 29.0 Å². The van der Waals surface area contributed by atoms with Gasteiger partial charge in [-0.15, -0.1) is 0 Å². The molecule has 1 heterocycles. The summed E-state index contributed by atoms with van der Waals surface area (Å²) >= 11 is 0.822. The van der Waals surface area contributed by atoms with Crippen LogP contribution in [0.3, 0.4) is 0 Å². The molecule has 0 atom stereocenters. The largest absolute Gasteiger partial charge is 0.423 e. The zero-order valence-corrected chi connectivity index (χ0v) is 21.2. The summed E-state index contributed by atoms with van der Waals surface area (Å²) < 4.78 is 5.21. The number of nitro benzene ring substituents is 2. The molecule has 0 unspecified atom stereocenters. The van der Waals surface area contributed by atoms with Gasteiger partial charge in [0.1, 0.15) is 5.75 Å². The Morgan fingerprint density at radius 3 is 2.15 bits per heavy atom. The van der Waals surface area contributed by atoms with Gasteiger partial charge >= 0.3 is 5.97 Å². The lowest BCUT2D eigenvalue weighted by molar-refractivity contribution is -0.394. The fourth-order valence-corrected chi connectivity index (χ4v) is 4.87. The topological polar surface area (TPSA) is 150 Å². The Morgan fingerprint density at radius 2 is 1.50 bits per heavy atom. The van der Waals surface area contributed by atoms with Crippen molar-refractivity contribution in [1.82, 2.24) is 4.90 Å². The Hall–Kier alpha value is -5.36. The fraction of sp³-hybridized carbons (Fsp3) is 0.0357. The number of non-ortho nitro benzene ring substituents is 2. The number of benzene rings is 4. The van der Waals surface area contributed by atoms with Gasteiger partial charge in [-0.05, 0) is 57.9 Å². The molecular formula is C28H17N3O8S. The lowest BCUT2D eigenvalue weighted by Gasteiger charge is -2.13. The number of imide groups is 1. The predicted octanol–water partition coefficient (Wildman–Crippen LogP) is 6.11. The van der Waals surface area contributed by atoms with Crippen molar-refractivity contribution in [2.45, 2.75) is 6.54 Å². The van der Waals surface area contributed by atoms with Crippen LogP contribution in [0.5, 0.6) is 5.75 Å². The lowest BCUT2D eigenvalue weighted by atomic mass is 10.1. The molecule has 0 radical (unpaired) electrons. The van der Waals surface area contributed by atoms with E-state index in [9.17, 15) is 34.6 Å². The van der Waals surface area contributed by atoms with Gasteiger partial charge in [0.15, 0.2) is 0 Å². The van der Waals surface area contributed by atoms with E-state index in [1.807, 2.05) is 42.5 Å². The van der Waals surface area contributed by atoms with E-state index in [0.717, 1.165) is 46.3 Å². The Balaban J connectivity index is 1.28. The highest BCUT2D eigenvalue weighted by atomic mass is 32.2. The second-order valence-electron chi connectivity index (χ2n) is 8.66. The van der Waals surface area contributed by atoms with Crippen LogP contribution in [0.15, 0.2) is 89.8 Å². The molecule has 198 valence electrons. The highest BCUT2D eigenvalue weighted by Crippen LogP contribution is 2.34. The van der Waals surface area contributed by atoms with Crippen molar-refractivity contribution in [1.29, 1.82) is 0 Å². The van der Waals surface area contributed by atoms with Crippen LogP contribution in [0.4, 0.5) is 16.2 Å². The van der Waals surface area contributed by atoms with Gasteiger partial charge in [0.2, 0.25) is 0 Å². The van der Waals surface area contributed by atoms with Crippen LogP contribution in [-0.4, -0.2) is 31.9 Å². The zero-order valence-electron chi connectivity index (χ0n) is 20.4. The molecule has 1 aliphatic heterocycles. The minimum absolute atomic E-state index is 0.0701. The highest BCUT2D eigenvalue weighted by molar-refractivity contribution is 8.18. The van der Waals surface area contributed by atoms with Gasteiger partial charge in [-0.2, -0.15) is 0 Å². The number of hydrogen-bond acceptors (Lipinski definition) is 9. The van der Waals surface area contributed by atoms with E-state index in [4.69, 9.17) is 4.74 Å². The summed E-state index contributed by atoms with van der Waals surface area (Å²) in [6.07, 6.45) is 1.54. The number of fused-ring (bicyclic) bond motifs is 1. The minimum atomic E-state index is -1.02. The number of rotatable bonds is 7. The van der Waals surface area contributed by atoms with Crippen molar-refractivity contribution >= 4 is 57.1 Å². The van der Waals surface area contributed by atoms with E-state index in [0.29, 0.717) is 5.56 Å². The van der Waals surface area contributed by atoms with Gasteiger partial charge < -0.3 is 4.74 Å². The quantitative estimate of drug-likeness (QED) is 0.0864. The molecule has 4 aromatic rings. The second kappa shape index (κ2) is 10.8. The molecule has 1 fully saturated rings. The second-order valence-corrected chi connectivity index (χ2v) is 9.65. The molecule has 5 rings (SSSR count). The molecule has 0 bridgehead atoms. The first-order valence-corrected chi connectivity index (χ1v) is 12.5. The molecule has 0 aromatic heterocycles. The summed E-state index contributed by atoms with van der Waals surface area (Å²) in [7, 11) is 0. The number of ether oxygens (including phenoxy) is 1. The molecule has 0 saturated carbocycles. The molecule has 0 aliphatic carbocycles. The normalized spacial score (nSPS) is 14.1. The average Bonchev–Trinajstić information content (AvgIpc) is 3.20. The standard InChI is InChI=1S/C28H17N3O8S/c32-26-25(40-28(34)29(26)16-18-5-8-19-3-1-2-4-20(19)11-18)12-17-6-9-24(10-7-17)39-27(33)21-13-22(30(35)36)15-23(14-21)31(37)38/h1-15H,16H2/b25-12-. The summed E-state index contributed by atoms with van der Waals surface area (Å²) in [5.41, 5.74) is -0.216. The molecule has 11 nitrogen and oxygen atoms in total. The Labute approximate surface area is 230 Å². The van der Waals surface area contributed by atoms with E-state index in [2.05, 4.69) is 0 Å². The summed E-state index contributed by atoms with van der Waals surface area (Å²) in [5, 5.41) is 23.8. The third-order valence-corrected chi connectivity index (χ3v) is 6.88. The van der Waals surface area contributed by atoms with Gasteiger partial charge in [-0.1, -0.05) is 48.5 Å². The monoisotopic (exact) mass is 555 g/mol. The van der Waals surface area contributed by atoms with E-state index in [1.54, 1.807) is 18.2 Å². The Bertz CT molecular complexity index is 1720. The van der Waals surface area contributed by atoms with Gasteiger partial charge in [0.05, 0.1) is 32.9 Å². The first-order valence-electron chi connectivity index (χ1n) is 11.7. The molecule has 0 N–H and O–H groups in total. The Morgan fingerprint density at radius 1 is 0.850 bits per heavy atom. The van der Waals surface area contributed by atoms with Gasteiger partial charge in [0, 0.05) is 12.1 Å². The van der Waals surface area contributed by atoms with Crippen LogP contribution in [0.1, 0.15) is 21.5 Å². The molecule has 1 saturated heterocycles. The number of hydrogen-bond donors (Lipinski definition) is 0. The number of nitrogens with zero attached hydrogens (tertiary/aromatic N) is 3. The van der Waals surface area contributed by atoms with Crippen LogP contribution in [0.25, 0.3) is 16.8 Å². The van der Waals surface area contributed by atoms with E-state index >= 15 is 0 Å². The number of carbonyl (C=O) groups excluding carboxylic acids is 3. The molecule has 12 heteroatoms. The predicted molar refractivity (Wildman–Crippen MR) is 147 cm³/mol. The third-order valence-electron chi connectivity index (χ3n) is 5.98. The van der Waals surface area contributed by atoms with Gasteiger partial charge in [-0.3, -0.25) is 34.7 Å². The zero-order chi connectivity index (χ0) is 28.4. The maximum absolute atomic E-state index is 13.0. The molecule has 40 heavy (non-hydrogen) atoms. The van der Waals surface area contributed by atoms with Crippen LogP contribution in [0, 0.1) is 20.2 Å². The molecule has 1 aliphatic rings. The summed E-state index contributed by atoms with van der Waals surface area (Å²) in [6.45, 7) is 0.136. The van der Waals surface area contributed by atoms with Crippen molar-refractivity contribution in [3.8, 4) is 5.75 Å². The summed E-state index contributed by atoms with van der Waals surface area (Å²) in [5.74, 6) is -1.37. The maximum atomic E-state index is 13.0. The van der Waals surface area contributed by atoms with Crippen LogP contribution >= 0.6 is 11.8 Å². The number of amides is 2. The van der Waals surface area contributed by atoms with Gasteiger partial charge in [-0.25, -0.2) is 4.79 Å².